The molecule has 0 unspecified atom stereocenters. The van der Waals surface area contributed by atoms with Crippen molar-refractivity contribution < 1.29 is 4.79 Å². The van der Waals surface area contributed by atoms with Crippen LogP contribution in [-0.4, -0.2) is 43.5 Å². The lowest BCUT2D eigenvalue weighted by Crippen LogP contribution is -2.46. The molecule has 0 saturated carbocycles. The fourth-order valence-corrected chi connectivity index (χ4v) is 3.59. The molecule has 5 nitrogen and oxygen atoms in total. The quantitative estimate of drug-likeness (QED) is 0.772. The second-order valence-corrected chi connectivity index (χ2v) is 7.12. The van der Waals surface area contributed by atoms with E-state index in [4.69, 9.17) is 28.9 Å². The topological polar surface area (TPSA) is 61.6 Å². The van der Waals surface area contributed by atoms with Gasteiger partial charge in [-0.1, -0.05) is 30.1 Å². The number of nitrogens with zero attached hydrogens (tertiary/aromatic N) is 2. The average Bonchev–Trinajstić information content (AvgIpc) is 2.62. The molecule has 0 bridgehead atoms. The highest BCUT2D eigenvalue weighted by Crippen LogP contribution is 2.30. The van der Waals surface area contributed by atoms with Gasteiger partial charge in [0, 0.05) is 36.9 Å². The van der Waals surface area contributed by atoms with E-state index in [0.29, 0.717) is 27.0 Å². The molecule has 0 aliphatic carbocycles. The Bertz CT molecular complexity index is 804. The first-order valence-corrected chi connectivity index (χ1v) is 9.36. The molecule has 7 heteroatoms. The Balaban J connectivity index is 1.83. The van der Waals surface area contributed by atoms with Crippen molar-refractivity contribution in [3.63, 3.8) is 0 Å². The largest absolute Gasteiger partial charge is 0.399 e. The molecule has 3 N–H and O–H groups in total. The minimum Gasteiger partial charge on any atom is -0.399 e. The minimum atomic E-state index is -0.286. The third-order valence-electron chi connectivity index (χ3n) is 4.60. The van der Waals surface area contributed by atoms with Gasteiger partial charge in [-0.05, 0) is 42.9 Å². The fourth-order valence-electron chi connectivity index (χ4n) is 3.10. The number of halogens is 2. The van der Waals surface area contributed by atoms with E-state index in [2.05, 4.69) is 22.0 Å². The van der Waals surface area contributed by atoms with E-state index >= 15 is 0 Å². The van der Waals surface area contributed by atoms with Crippen molar-refractivity contribution >= 4 is 46.2 Å². The molecule has 1 fully saturated rings. The molecular weight excluding hydrogens is 371 g/mol. The van der Waals surface area contributed by atoms with Crippen molar-refractivity contribution in [1.29, 1.82) is 0 Å². The van der Waals surface area contributed by atoms with E-state index in [1.807, 2.05) is 12.1 Å². The molecule has 0 radical (unpaired) electrons. The second kappa shape index (κ2) is 8.16. The summed E-state index contributed by atoms with van der Waals surface area (Å²) in [6.07, 6.45) is 0. The van der Waals surface area contributed by atoms with Crippen LogP contribution in [0.5, 0.6) is 0 Å². The number of carbonyl (C=O) groups excluding carboxylic acids is 1. The van der Waals surface area contributed by atoms with Crippen molar-refractivity contribution in [1.82, 2.24) is 4.90 Å². The molecule has 138 valence electrons. The summed E-state index contributed by atoms with van der Waals surface area (Å²) in [6, 6.07) is 10.4. The lowest BCUT2D eigenvalue weighted by atomic mass is 10.1. The minimum absolute atomic E-state index is 0.286. The highest BCUT2D eigenvalue weighted by molar-refractivity contribution is 6.37. The van der Waals surface area contributed by atoms with Crippen molar-refractivity contribution in [3.8, 4) is 0 Å². The number of carbonyl (C=O) groups is 1. The number of nitrogens with two attached hydrogens (primary N) is 1. The third-order valence-corrected chi connectivity index (χ3v) is 5.15. The van der Waals surface area contributed by atoms with Gasteiger partial charge in [-0.15, -0.1) is 0 Å². The summed E-state index contributed by atoms with van der Waals surface area (Å²) in [5.74, 6) is -0.286. The summed E-state index contributed by atoms with van der Waals surface area (Å²) in [5, 5.41) is 3.76. The van der Waals surface area contributed by atoms with Crippen molar-refractivity contribution in [2.75, 3.05) is 48.7 Å². The summed E-state index contributed by atoms with van der Waals surface area (Å²) >= 11 is 12.1. The zero-order valence-electron chi connectivity index (χ0n) is 14.6. The van der Waals surface area contributed by atoms with Gasteiger partial charge in [0.1, 0.15) is 0 Å². The summed E-state index contributed by atoms with van der Waals surface area (Å²) in [4.78, 5) is 17.4. The SMILES string of the molecule is CCN1CCN(c2ccc(N)cc2NC(=O)c2ccc(Cl)cc2Cl)CC1. The van der Waals surface area contributed by atoms with Crippen LogP contribution < -0.4 is 16.0 Å². The zero-order valence-corrected chi connectivity index (χ0v) is 16.1. The number of rotatable bonds is 4. The summed E-state index contributed by atoms with van der Waals surface area (Å²) < 4.78 is 0. The molecule has 2 aromatic rings. The van der Waals surface area contributed by atoms with Crippen LogP contribution in [0.1, 0.15) is 17.3 Å². The van der Waals surface area contributed by atoms with Crippen molar-refractivity contribution in [2.24, 2.45) is 0 Å². The van der Waals surface area contributed by atoms with Gasteiger partial charge in [-0.25, -0.2) is 0 Å². The number of benzene rings is 2. The molecule has 1 heterocycles. The Morgan fingerprint density at radius 3 is 2.50 bits per heavy atom. The van der Waals surface area contributed by atoms with Gasteiger partial charge in [0.15, 0.2) is 0 Å². The molecule has 0 spiro atoms. The number of hydrogen-bond donors (Lipinski definition) is 2. The van der Waals surface area contributed by atoms with Crippen LogP contribution in [0, 0.1) is 0 Å². The van der Waals surface area contributed by atoms with Crippen LogP contribution in [-0.2, 0) is 0 Å². The van der Waals surface area contributed by atoms with Crippen molar-refractivity contribution in [2.45, 2.75) is 6.92 Å². The van der Waals surface area contributed by atoms with Crippen LogP contribution in [0.4, 0.5) is 17.1 Å². The lowest BCUT2D eigenvalue weighted by molar-refractivity contribution is 0.102. The Labute approximate surface area is 163 Å². The van der Waals surface area contributed by atoms with Crippen LogP contribution in [0.2, 0.25) is 10.0 Å². The van der Waals surface area contributed by atoms with E-state index in [1.165, 1.54) is 0 Å². The first-order chi connectivity index (χ1) is 12.5. The van der Waals surface area contributed by atoms with Gasteiger partial charge in [0.25, 0.3) is 5.91 Å². The summed E-state index contributed by atoms with van der Waals surface area (Å²) in [7, 11) is 0. The number of amides is 1. The maximum Gasteiger partial charge on any atom is 0.257 e. The monoisotopic (exact) mass is 392 g/mol. The predicted octanol–water partition coefficient (Wildman–Crippen LogP) is 3.97. The van der Waals surface area contributed by atoms with Crippen molar-refractivity contribution in [3.05, 3.63) is 52.0 Å². The number of anilines is 3. The normalized spacial score (nSPS) is 15.1. The number of hydrogen-bond acceptors (Lipinski definition) is 4. The van der Waals surface area contributed by atoms with Gasteiger partial charge in [-0.3, -0.25) is 4.79 Å². The first-order valence-electron chi connectivity index (χ1n) is 8.61. The van der Waals surface area contributed by atoms with E-state index in [0.717, 1.165) is 38.4 Å². The highest BCUT2D eigenvalue weighted by Gasteiger charge is 2.20. The second-order valence-electron chi connectivity index (χ2n) is 6.28. The number of likely N-dealkylation sites (N-methyl/N-ethyl adjacent to an activating group) is 1. The van der Waals surface area contributed by atoms with E-state index < -0.39 is 0 Å². The number of nitrogen functional groups attached to an aromatic ring is 1. The Kier molecular flexibility index (Phi) is 5.91. The zero-order chi connectivity index (χ0) is 18.7. The Hall–Kier alpha value is -1.95. The molecule has 0 aromatic heterocycles. The van der Waals surface area contributed by atoms with Gasteiger partial charge < -0.3 is 20.9 Å². The predicted molar refractivity (Wildman–Crippen MR) is 110 cm³/mol. The highest BCUT2D eigenvalue weighted by atomic mass is 35.5. The molecule has 3 rings (SSSR count). The van der Waals surface area contributed by atoms with Gasteiger partial charge in [0.05, 0.1) is 22.0 Å². The van der Waals surface area contributed by atoms with Crippen LogP contribution in [0.15, 0.2) is 36.4 Å². The molecule has 1 saturated heterocycles. The van der Waals surface area contributed by atoms with Gasteiger partial charge >= 0.3 is 0 Å². The molecule has 0 atom stereocenters. The molecule has 1 aliphatic rings. The molecular formula is C19H22Cl2N4O. The third kappa shape index (κ3) is 4.23. The number of nitrogens with one attached hydrogen (secondary N) is 1. The Morgan fingerprint density at radius 2 is 1.85 bits per heavy atom. The lowest BCUT2D eigenvalue weighted by Gasteiger charge is -2.36. The number of piperazine rings is 1. The van der Waals surface area contributed by atoms with Gasteiger partial charge in [-0.2, -0.15) is 0 Å². The molecule has 1 amide bonds. The Morgan fingerprint density at radius 1 is 1.12 bits per heavy atom. The molecule has 26 heavy (non-hydrogen) atoms. The molecule has 1 aliphatic heterocycles. The van der Waals surface area contributed by atoms with Crippen LogP contribution in [0.3, 0.4) is 0 Å². The smallest absolute Gasteiger partial charge is 0.257 e. The fraction of sp³-hybridized carbons (Fsp3) is 0.316. The maximum absolute atomic E-state index is 12.7. The van der Waals surface area contributed by atoms with E-state index in [1.54, 1.807) is 24.3 Å². The standard InChI is InChI=1S/C19H22Cl2N4O/c1-2-24-7-9-25(10-8-24)18-6-4-14(22)12-17(18)23-19(26)15-5-3-13(20)11-16(15)21/h3-6,11-12H,2,7-10,22H2,1H3,(H,23,26). The summed E-state index contributed by atoms with van der Waals surface area (Å²) in [5.41, 5.74) is 8.57. The average molecular weight is 393 g/mol. The maximum atomic E-state index is 12.7. The van der Waals surface area contributed by atoms with Gasteiger partial charge in [0.2, 0.25) is 0 Å². The first kappa shape index (κ1) is 18.8. The molecule has 2 aromatic carbocycles. The van der Waals surface area contributed by atoms with Crippen LogP contribution >= 0.6 is 23.2 Å². The summed E-state index contributed by atoms with van der Waals surface area (Å²) in [6.45, 7) is 7.02. The van der Waals surface area contributed by atoms with Crippen LogP contribution in [0.25, 0.3) is 0 Å². The van der Waals surface area contributed by atoms with E-state index in [9.17, 15) is 4.79 Å². The van der Waals surface area contributed by atoms with E-state index in [-0.39, 0.29) is 5.91 Å².